The molecule has 1 atom stereocenters. The van der Waals surface area contributed by atoms with Gasteiger partial charge in [0.1, 0.15) is 16.5 Å². The summed E-state index contributed by atoms with van der Waals surface area (Å²) in [5.74, 6) is 2.28. The van der Waals surface area contributed by atoms with E-state index < -0.39 is 0 Å². The van der Waals surface area contributed by atoms with Crippen LogP contribution in [0.4, 0.5) is 5.82 Å². The van der Waals surface area contributed by atoms with Crippen LogP contribution in [0.2, 0.25) is 0 Å². The Balaban J connectivity index is 2.37. The fourth-order valence-corrected chi connectivity index (χ4v) is 2.75. The van der Waals surface area contributed by atoms with Crippen LogP contribution in [0.25, 0.3) is 10.2 Å². The van der Waals surface area contributed by atoms with Crippen molar-refractivity contribution >= 4 is 27.4 Å². The highest BCUT2D eigenvalue weighted by Crippen LogP contribution is 2.27. The zero-order valence-corrected chi connectivity index (χ0v) is 12.3. The largest absolute Gasteiger partial charge is 0.367 e. The van der Waals surface area contributed by atoms with Gasteiger partial charge in [0.25, 0.3) is 0 Å². The molecule has 0 aliphatic rings. The number of aromatic nitrogens is 2. The van der Waals surface area contributed by atoms with Gasteiger partial charge in [0, 0.05) is 12.0 Å². The normalized spacial score (nSPS) is 13.2. The predicted molar refractivity (Wildman–Crippen MR) is 79.5 cm³/mol. The van der Waals surface area contributed by atoms with Crippen molar-refractivity contribution in [2.24, 2.45) is 0 Å². The van der Waals surface area contributed by atoms with Crippen molar-refractivity contribution in [2.45, 2.75) is 52.5 Å². The molecule has 18 heavy (non-hydrogen) atoms. The summed E-state index contributed by atoms with van der Waals surface area (Å²) in [4.78, 5) is 10.4. The van der Waals surface area contributed by atoms with Crippen LogP contribution in [-0.2, 0) is 0 Å². The Morgan fingerprint density at radius 1 is 1.28 bits per heavy atom. The number of nitrogens with one attached hydrogen (secondary N) is 1. The first kappa shape index (κ1) is 13.3. The summed E-state index contributed by atoms with van der Waals surface area (Å²) >= 11 is 1.68. The summed E-state index contributed by atoms with van der Waals surface area (Å²) in [6.07, 6.45) is 2.34. The number of fused-ring (bicyclic) bond motifs is 1. The highest BCUT2D eigenvalue weighted by Gasteiger charge is 2.12. The number of rotatable bonds is 5. The molecule has 0 aliphatic heterocycles. The summed E-state index contributed by atoms with van der Waals surface area (Å²) in [5.41, 5.74) is 0. The average Bonchev–Trinajstić information content (AvgIpc) is 2.77. The maximum absolute atomic E-state index is 4.68. The molecule has 0 saturated heterocycles. The molecule has 0 fully saturated rings. The molecule has 0 amide bonds. The molecule has 0 bridgehead atoms. The Labute approximate surface area is 113 Å². The molecular weight excluding hydrogens is 242 g/mol. The Morgan fingerprint density at radius 3 is 2.72 bits per heavy atom. The van der Waals surface area contributed by atoms with Crippen LogP contribution in [0.5, 0.6) is 0 Å². The SMILES string of the molecule is CCCC(C)Nc1nc(C(C)C)nc2sccc12. The highest BCUT2D eigenvalue weighted by atomic mass is 32.1. The monoisotopic (exact) mass is 263 g/mol. The van der Waals surface area contributed by atoms with Crippen LogP contribution in [0.15, 0.2) is 11.4 Å². The van der Waals surface area contributed by atoms with E-state index in [4.69, 9.17) is 0 Å². The van der Waals surface area contributed by atoms with E-state index in [1.54, 1.807) is 11.3 Å². The van der Waals surface area contributed by atoms with Gasteiger partial charge in [-0.05, 0) is 24.8 Å². The fourth-order valence-electron chi connectivity index (χ4n) is 1.98. The molecule has 0 radical (unpaired) electrons. The first-order chi connectivity index (χ1) is 8.61. The van der Waals surface area contributed by atoms with E-state index in [9.17, 15) is 0 Å². The zero-order chi connectivity index (χ0) is 13.1. The molecule has 4 heteroatoms. The third-order valence-electron chi connectivity index (χ3n) is 2.96. The Morgan fingerprint density at radius 2 is 2.06 bits per heavy atom. The standard InChI is InChI=1S/C14H21N3S/c1-5-6-10(4)15-13-11-7-8-18-14(11)17-12(16-13)9(2)3/h7-10H,5-6H2,1-4H3,(H,15,16,17). The highest BCUT2D eigenvalue weighted by molar-refractivity contribution is 7.16. The van der Waals surface area contributed by atoms with Crippen molar-refractivity contribution in [2.75, 3.05) is 5.32 Å². The molecule has 2 heterocycles. The molecule has 2 aromatic heterocycles. The van der Waals surface area contributed by atoms with E-state index in [1.807, 2.05) is 0 Å². The summed E-state index contributed by atoms with van der Waals surface area (Å²) in [6.45, 7) is 8.68. The Hall–Kier alpha value is -1.16. The minimum Gasteiger partial charge on any atom is -0.367 e. The quantitative estimate of drug-likeness (QED) is 0.868. The Kier molecular flexibility index (Phi) is 4.17. The second-order valence-electron chi connectivity index (χ2n) is 5.06. The smallest absolute Gasteiger partial charge is 0.138 e. The second kappa shape index (κ2) is 5.65. The first-order valence-corrected chi connectivity index (χ1v) is 7.51. The molecule has 0 aliphatic carbocycles. The average molecular weight is 263 g/mol. The van der Waals surface area contributed by atoms with Gasteiger partial charge in [-0.15, -0.1) is 11.3 Å². The van der Waals surface area contributed by atoms with Crippen LogP contribution in [0.1, 0.15) is 52.3 Å². The molecule has 1 N–H and O–H groups in total. The number of hydrogen-bond acceptors (Lipinski definition) is 4. The maximum Gasteiger partial charge on any atom is 0.138 e. The van der Waals surface area contributed by atoms with Crippen LogP contribution < -0.4 is 5.32 Å². The van der Waals surface area contributed by atoms with Crippen LogP contribution in [-0.4, -0.2) is 16.0 Å². The van der Waals surface area contributed by atoms with Crippen molar-refractivity contribution in [3.63, 3.8) is 0 Å². The molecule has 1 unspecified atom stereocenters. The molecule has 0 spiro atoms. The molecule has 2 aromatic rings. The van der Waals surface area contributed by atoms with Crippen molar-refractivity contribution in [3.05, 3.63) is 17.3 Å². The molecule has 0 aromatic carbocycles. The van der Waals surface area contributed by atoms with Crippen LogP contribution >= 0.6 is 11.3 Å². The summed E-state index contributed by atoms with van der Waals surface area (Å²) < 4.78 is 0. The van der Waals surface area contributed by atoms with Gasteiger partial charge in [0.05, 0.1) is 5.39 Å². The van der Waals surface area contributed by atoms with E-state index in [1.165, 1.54) is 6.42 Å². The van der Waals surface area contributed by atoms with Crippen LogP contribution in [0.3, 0.4) is 0 Å². The van der Waals surface area contributed by atoms with Crippen molar-refractivity contribution < 1.29 is 0 Å². The van der Waals surface area contributed by atoms with Gasteiger partial charge < -0.3 is 5.32 Å². The lowest BCUT2D eigenvalue weighted by Gasteiger charge is -2.15. The Bertz CT molecular complexity index is 519. The summed E-state index contributed by atoms with van der Waals surface area (Å²) in [7, 11) is 0. The predicted octanol–water partition coefficient (Wildman–Crippen LogP) is 4.42. The minimum atomic E-state index is 0.360. The van der Waals surface area contributed by atoms with Gasteiger partial charge in [-0.1, -0.05) is 27.2 Å². The van der Waals surface area contributed by atoms with E-state index in [0.717, 1.165) is 28.3 Å². The molecule has 2 rings (SSSR count). The molecule has 98 valence electrons. The van der Waals surface area contributed by atoms with Gasteiger partial charge in [-0.3, -0.25) is 0 Å². The van der Waals surface area contributed by atoms with Crippen LogP contribution in [0, 0.1) is 0 Å². The van der Waals surface area contributed by atoms with Crippen molar-refractivity contribution in [1.82, 2.24) is 9.97 Å². The summed E-state index contributed by atoms with van der Waals surface area (Å²) in [5, 5.41) is 6.75. The lowest BCUT2D eigenvalue weighted by atomic mass is 10.2. The van der Waals surface area contributed by atoms with Crippen molar-refractivity contribution in [3.8, 4) is 0 Å². The third-order valence-corrected chi connectivity index (χ3v) is 3.77. The molecule has 0 saturated carbocycles. The van der Waals surface area contributed by atoms with Gasteiger partial charge in [0.15, 0.2) is 0 Å². The minimum absolute atomic E-state index is 0.360. The lowest BCUT2D eigenvalue weighted by Crippen LogP contribution is -2.16. The van der Waals surface area contributed by atoms with Crippen molar-refractivity contribution in [1.29, 1.82) is 0 Å². The second-order valence-corrected chi connectivity index (χ2v) is 5.95. The summed E-state index contributed by atoms with van der Waals surface area (Å²) in [6, 6.07) is 2.55. The van der Waals surface area contributed by atoms with Gasteiger partial charge in [-0.2, -0.15) is 0 Å². The van der Waals surface area contributed by atoms with Gasteiger partial charge >= 0.3 is 0 Å². The fraction of sp³-hybridized carbons (Fsp3) is 0.571. The molecule has 3 nitrogen and oxygen atoms in total. The topological polar surface area (TPSA) is 37.8 Å². The molecular formula is C14H21N3S. The first-order valence-electron chi connectivity index (χ1n) is 6.63. The van der Waals surface area contributed by atoms with E-state index in [-0.39, 0.29) is 0 Å². The van der Waals surface area contributed by atoms with Gasteiger partial charge in [-0.25, -0.2) is 9.97 Å². The van der Waals surface area contributed by atoms with E-state index in [2.05, 4.69) is 54.4 Å². The van der Waals surface area contributed by atoms with E-state index >= 15 is 0 Å². The number of hydrogen-bond donors (Lipinski definition) is 1. The van der Waals surface area contributed by atoms with E-state index in [0.29, 0.717) is 12.0 Å². The number of thiophene rings is 1. The zero-order valence-electron chi connectivity index (χ0n) is 11.5. The van der Waals surface area contributed by atoms with Gasteiger partial charge in [0.2, 0.25) is 0 Å². The number of anilines is 1. The third kappa shape index (κ3) is 2.80. The lowest BCUT2D eigenvalue weighted by molar-refractivity contribution is 0.685. The number of nitrogens with zero attached hydrogens (tertiary/aromatic N) is 2. The maximum atomic E-state index is 4.68.